The summed E-state index contributed by atoms with van der Waals surface area (Å²) in [7, 11) is 2.30. The zero-order valence-corrected chi connectivity index (χ0v) is 29.0. The van der Waals surface area contributed by atoms with Crippen molar-refractivity contribution < 1.29 is 0 Å². The second kappa shape index (κ2) is 9.09. The number of nitrogens with zero attached hydrogens (tertiary/aromatic N) is 1. The molecule has 1 nitrogen and oxygen atoms in total. The molecule has 1 heteroatoms. The molecule has 0 amide bonds. The van der Waals surface area contributed by atoms with Crippen molar-refractivity contribution >= 4 is 21.8 Å². The molecule has 0 saturated heterocycles. The molecule has 0 radical (unpaired) electrons. The van der Waals surface area contributed by atoms with Gasteiger partial charge in [-0.25, -0.2) is 0 Å². The highest BCUT2D eigenvalue weighted by Gasteiger charge is 2.36. The molecule has 1 aromatic heterocycles. The highest BCUT2D eigenvalue weighted by atomic mass is 14.9. The van der Waals surface area contributed by atoms with Gasteiger partial charge in [0.2, 0.25) is 0 Å². The summed E-state index contributed by atoms with van der Waals surface area (Å²) in [6.07, 6.45) is 0. The summed E-state index contributed by atoms with van der Waals surface area (Å²) in [5, 5.41) is 2.89. The fraction of sp³-hybridized carbons (Fsp3) is 0.415. The predicted octanol–water partition coefficient (Wildman–Crippen LogP) is 11.4. The van der Waals surface area contributed by atoms with Crippen LogP contribution >= 0.6 is 0 Å². The molecule has 0 fully saturated rings. The second-order valence-corrected chi connectivity index (χ2v) is 13.8. The molecule has 218 valence electrons. The van der Waals surface area contributed by atoms with Crippen molar-refractivity contribution in [1.29, 1.82) is 0 Å². The zero-order valence-electron chi connectivity index (χ0n) is 29.0. The van der Waals surface area contributed by atoms with Gasteiger partial charge in [-0.15, -0.1) is 0 Å². The molecule has 5 aromatic rings. The minimum Gasteiger partial charge on any atom is -0.343 e. The highest BCUT2D eigenvalue weighted by Crippen LogP contribution is 2.56. The van der Waals surface area contributed by atoms with Crippen molar-refractivity contribution in [2.75, 3.05) is 0 Å². The summed E-state index contributed by atoms with van der Waals surface area (Å²) in [4.78, 5) is 0. The third kappa shape index (κ3) is 3.21. The van der Waals surface area contributed by atoms with E-state index < -0.39 is 0 Å². The van der Waals surface area contributed by atoms with Crippen LogP contribution in [0.25, 0.3) is 44.1 Å². The summed E-state index contributed by atoms with van der Waals surface area (Å²) in [6.45, 7) is 35.3. The van der Waals surface area contributed by atoms with E-state index in [-0.39, 0.29) is 0 Å². The van der Waals surface area contributed by atoms with Gasteiger partial charge in [-0.1, -0.05) is 6.92 Å². The number of rotatable bonds is 1. The fourth-order valence-corrected chi connectivity index (χ4v) is 8.98. The van der Waals surface area contributed by atoms with Crippen LogP contribution in [0, 0.1) is 96.9 Å². The molecule has 4 aromatic carbocycles. The number of hydrogen-bond acceptors (Lipinski definition) is 0. The maximum atomic E-state index is 2.51. The van der Waals surface area contributed by atoms with E-state index in [1.165, 1.54) is 122 Å². The first kappa shape index (κ1) is 28.8. The van der Waals surface area contributed by atoms with Crippen LogP contribution < -0.4 is 0 Å². The molecule has 42 heavy (non-hydrogen) atoms. The molecule has 1 unspecified atom stereocenters. The van der Waals surface area contributed by atoms with Crippen molar-refractivity contribution in [3.8, 4) is 22.3 Å². The molecule has 1 aliphatic carbocycles. The molecule has 1 atom stereocenters. The highest BCUT2D eigenvalue weighted by molar-refractivity contribution is 6.16. The summed E-state index contributed by atoms with van der Waals surface area (Å²) in [5.41, 5.74) is 32.0. The predicted molar refractivity (Wildman–Crippen MR) is 185 cm³/mol. The SMILES string of the molecule is Cc1c(C)c(C)c2c(c1C)-c1c(C)c(C)c(C)c(-c3c(C)c(C)c4c5c(C)c(C)c(C)c(C)c5n(C)c4c3C)c1C2C. The summed E-state index contributed by atoms with van der Waals surface area (Å²) in [5.74, 6) is 0.359. The Morgan fingerprint density at radius 1 is 0.333 bits per heavy atom. The van der Waals surface area contributed by atoms with Crippen LogP contribution in [-0.2, 0) is 7.05 Å². The van der Waals surface area contributed by atoms with Crippen molar-refractivity contribution in [2.24, 2.45) is 7.05 Å². The average Bonchev–Trinajstić information content (AvgIpc) is 3.43. The molecule has 0 bridgehead atoms. The van der Waals surface area contributed by atoms with E-state index in [1.54, 1.807) is 11.1 Å². The molecule has 1 aliphatic rings. The second-order valence-electron chi connectivity index (χ2n) is 13.8. The third-order valence-corrected chi connectivity index (χ3v) is 12.4. The molecular weight excluding hydrogens is 506 g/mol. The molecule has 6 rings (SSSR count). The van der Waals surface area contributed by atoms with E-state index in [4.69, 9.17) is 0 Å². The van der Waals surface area contributed by atoms with Crippen molar-refractivity contribution in [1.82, 2.24) is 4.57 Å². The Kier molecular flexibility index (Phi) is 6.23. The Labute approximate surface area is 254 Å². The van der Waals surface area contributed by atoms with Gasteiger partial charge in [0, 0.05) is 23.7 Å². The molecule has 0 saturated carbocycles. The monoisotopic (exact) mass is 555 g/mol. The Morgan fingerprint density at radius 2 is 0.667 bits per heavy atom. The lowest BCUT2D eigenvalue weighted by Gasteiger charge is -2.25. The minimum atomic E-state index is 0.359. The number of fused-ring (bicyclic) bond motifs is 6. The number of benzene rings is 4. The van der Waals surface area contributed by atoms with E-state index in [9.17, 15) is 0 Å². The van der Waals surface area contributed by atoms with Gasteiger partial charge in [0.15, 0.2) is 0 Å². The summed E-state index contributed by atoms with van der Waals surface area (Å²) in [6, 6.07) is 0. The van der Waals surface area contributed by atoms with Crippen molar-refractivity contribution in [3.63, 3.8) is 0 Å². The largest absolute Gasteiger partial charge is 0.343 e. The molecule has 0 N–H and O–H groups in total. The third-order valence-electron chi connectivity index (χ3n) is 12.4. The normalized spacial score (nSPS) is 14.4. The number of aryl methyl sites for hydroxylation is 5. The van der Waals surface area contributed by atoms with Crippen LogP contribution in [0.1, 0.15) is 102 Å². The van der Waals surface area contributed by atoms with Crippen LogP contribution in [0.2, 0.25) is 0 Å². The molecule has 0 aliphatic heterocycles. The Balaban J connectivity index is 1.84. The van der Waals surface area contributed by atoms with Gasteiger partial charge in [0.1, 0.15) is 0 Å². The van der Waals surface area contributed by atoms with Crippen LogP contribution in [0.4, 0.5) is 0 Å². The van der Waals surface area contributed by atoms with Gasteiger partial charge < -0.3 is 4.57 Å². The molecule has 1 heterocycles. The van der Waals surface area contributed by atoms with Gasteiger partial charge in [-0.3, -0.25) is 0 Å². The Hall–Kier alpha value is -3.32. The van der Waals surface area contributed by atoms with Gasteiger partial charge in [-0.05, 0) is 208 Å². The molecular formula is C41H49N. The van der Waals surface area contributed by atoms with Gasteiger partial charge in [0.25, 0.3) is 0 Å². The maximum absolute atomic E-state index is 2.51. The first-order chi connectivity index (χ1) is 19.6. The lowest BCUT2D eigenvalue weighted by Crippen LogP contribution is -2.05. The minimum absolute atomic E-state index is 0.359. The van der Waals surface area contributed by atoms with E-state index >= 15 is 0 Å². The van der Waals surface area contributed by atoms with Gasteiger partial charge in [0.05, 0.1) is 11.0 Å². The molecule has 0 spiro atoms. The lowest BCUT2D eigenvalue weighted by molar-refractivity contribution is 0.933. The van der Waals surface area contributed by atoms with Crippen LogP contribution in [0.5, 0.6) is 0 Å². The smallest absolute Gasteiger partial charge is 0.0527 e. The van der Waals surface area contributed by atoms with Gasteiger partial charge >= 0.3 is 0 Å². The quantitative estimate of drug-likeness (QED) is 0.194. The van der Waals surface area contributed by atoms with Gasteiger partial charge in [-0.2, -0.15) is 0 Å². The Morgan fingerprint density at radius 3 is 1.21 bits per heavy atom. The standard InChI is InChI=1S/C41H49N/c1-17-18(2)23(7)34-32(22(17)6)30(14)37-35(24(8)21(5)25(9)36(34)37)33-27(11)28(12)39-38-26(10)19(3)20(4)29(13)40(38)42(16)41(39)31(33)15/h30H,1-16H3. The number of hydrogen-bond donors (Lipinski definition) is 0. The van der Waals surface area contributed by atoms with Crippen LogP contribution in [0.15, 0.2) is 0 Å². The maximum Gasteiger partial charge on any atom is 0.0527 e. The summed E-state index contributed by atoms with van der Waals surface area (Å²) < 4.78 is 2.51. The summed E-state index contributed by atoms with van der Waals surface area (Å²) >= 11 is 0. The first-order valence-electron chi connectivity index (χ1n) is 15.8. The van der Waals surface area contributed by atoms with E-state index in [0.29, 0.717) is 5.92 Å². The Bertz CT molecular complexity index is 2070. The first-order valence-corrected chi connectivity index (χ1v) is 15.8. The van der Waals surface area contributed by atoms with E-state index in [0.717, 1.165) is 0 Å². The zero-order chi connectivity index (χ0) is 31.0. The van der Waals surface area contributed by atoms with E-state index in [2.05, 4.69) is 115 Å². The van der Waals surface area contributed by atoms with Crippen molar-refractivity contribution in [3.05, 3.63) is 89.0 Å². The van der Waals surface area contributed by atoms with Crippen LogP contribution in [0.3, 0.4) is 0 Å². The fourth-order valence-electron chi connectivity index (χ4n) is 8.98. The average molecular weight is 556 g/mol. The van der Waals surface area contributed by atoms with Crippen molar-refractivity contribution in [2.45, 2.75) is 110 Å². The topological polar surface area (TPSA) is 4.93 Å². The number of aromatic nitrogens is 1. The lowest BCUT2D eigenvalue weighted by atomic mass is 9.79. The van der Waals surface area contributed by atoms with Crippen LogP contribution in [-0.4, -0.2) is 4.57 Å². The van der Waals surface area contributed by atoms with E-state index in [1.807, 2.05) is 0 Å².